The summed E-state index contributed by atoms with van der Waals surface area (Å²) < 4.78 is 2.01. The number of rotatable bonds is 4. The van der Waals surface area contributed by atoms with E-state index in [2.05, 4.69) is 29.2 Å². The monoisotopic (exact) mass is 222 g/mol. The van der Waals surface area contributed by atoms with Crippen LogP contribution in [0.4, 0.5) is 0 Å². The van der Waals surface area contributed by atoms with Crippen molar-refractivity contribution in [3.8, 4) is 0 Å². The van der Waals surface area contributed by atoms with Crippen LogP contribution in [0, 0.1) is 0 Å². The molecule has 0 radical (unpaired) electrons. The highest BCUT2D eigenvalue weighted by Crippen LogP contribution is 2.14. The number of nitrogens with zero attached hydrogens (tertiary/aromatic N) is 3. The van der Waals surface area contributed by atoms with Gasteiger partial charge in [-0.1, -0.05) is 6.92 Å². The van der Waals surface area contributed by atoms with E-state index < -0.39 is 0 Å². The van der Waals surface area contributed by atoms with Crippen molar-refractivity contribution in [2.75, 3.05) is 26.2 Å². The van der Waals surface area contributed by atoms with E-state index in [9.17, 15) is 0 Å². The summed E-state index contributed by atoms with van der Waals surface area (Å²) in [6.45, 7) is 10.0. The fourth-order valence-electron chi connectivity index (χ4n) is 2.25. The average molecular weight is 222 g/mol. The highest BCUT2D eigenvalue weighted by atomic mass is 15.3. The van der Waals surface area contributed by atoms with Crippen molar-refractivity contribution in [1.29, 1.82) is 0 Å². The molecule has 2 heterocycles. The summed E-state index contributed by atoms with van der Waals surface area (Å²) in [4.78, 5) is 2.53. The van der Waals surface area contributed by atoms with Gasteiger partial charge in [-0.3, -0.25) is 9.58 Å². The lowest BCUT2D eigenvalue weighted by atomic mass is 9.96. The van der Waals surface area contributed by atoms with E-state index in [1.54, 1.807) is 0 Å². The maximum absolute atomic E-state index is 4.23. The van der Waals surface area contributed by atoms with Gasteiger partial charge in [0, 0.05) is 44.1 Å². The SMILES string of the molecule is CCC1(C)CN(CCn2cccn2)CCN1. The third kappa shape index (κ3) is 2.83. The van der Waals surface area contributed by atoms with Crippen LogP contribution in [0.3, 0.4) is 0 Å². The first kappa shape index (κ1) is 11.6. The largest absolute Gasteiger partial charge is 0.309 e. The maximum atomic E-state index is 4.23. The van der Waals surface area contributed by atoms with Gasteiger partial charge in [0.25, 0.3) is 0 Å². The molecule has 0 aliphatic carbocycles. The Bertz CT molecular complexity index is 309. The van der Waals surface area contributed by atoms with Gasteiger partial charge in [0.15, 0.2) is 0 Å². The Morgan fingerprint density at radius 2 is 2.31 bits per heavy atom. The Labute approximate surface area is 97.6 Å². The van der Waals surface area contributed by atoms with E-state index in [0.29, 0.717) is 5.54 Å². The molecular weight excluding hydrogens is 200 g/mol. The lowest BCUT2D eigenvalue weighted by Crippen LogP contribution is -2.58. The van der Waals surface area contributed by atoms with Crippen LogP contribution < -0.4 is 5.32 Å². The van der Waals surface area contributed by atoms with Gasteiger partial charge < -0.3 is 5.32 Å². The summed E-state index contributed by atoms with van der Waals surface area (Å²) in [6.07, 6.45) is 5.06. The molecule has 1 aromatic heterocycles. The Morgan fingerprint density at radius 3 is 3.00 bits per heavy atom. The fourth-order valence-corrected chi connectivity index (χ4v) is 2.25. The zero-order valence-corrected chi connectivity index (χ0v) is 10.3. The number of nitrogens with one attached hydrogen (secondary N) is 1. The zero-order valence-electron chi connectivity index (χ0n) is 10.3. The van der Waals surface area contributed by atoms with Crippen molar-refractivity contribution in [3.63, 3.8) is 0 Å². The number of piperazine rings is 1. The molecule has 0 bridgehead atoms. The van der Waals surface area contributed by atoms with E-state index >= 15 is 0 Å². The third-order valence-corrected chi connectivity index (χ3v) is 3.54. The standard InChI is InChI=1S/C12H22N4/c1-3-12(2)11-15(8-6-13-12)9-10-16-7-4-5-14-16/h4-5,7,13H,3,6,8-11H2,1-2H3. The average Bonchev–Trinajstić information content (AvgIpc) is 2.80. The minimum atomic E-state index is 0.294. The molecule has 1 N–H and O–H groups in total. The van der Waals surface area contributed by atoms with Crippen molar-refractivity contribution in [2.24, 2.45) is 0 Å². The van der Waals surface area contributed by atoms with E-state index in [4.69, 9.17) is 0 Å². The van der Waals surface area contributed by atoms with Gasteiger partial charge in [0.1, 0.15) is 0 Å². The van der Waals surface area contributed by atoms with Crippen LogP contribution in [0.15, 0.2) is 18.5 Å². The lowest BCUT2D eigenvalue weighted by Gasteiger charge is -2.41. The third-order valence-electron chi connectivity index (χ3n) is 3.54. The molecule has 2 rings (SSSR count). The lowest BCUT2D eigenvalue weighted by molar-refractivity contribution is 0.134. The van der Waals surface area contributed by atoms with Crippen LogP contribution in [0.25, 0.3) is 0 Å². The predicted molar refractivity (Wildman–Crippen MR) is 65.4 cm³/mol. The van der Waals surface area contributed by atoms with Crippen LogP contribution >= 0.6 is 0 Å². The molecule has 0 saturated carbocycles. The summed E-state index contributed by atoms with van der Waals surface area (Å²) in [5.74, 6) is 0. The van der Waals surface area contributed by atoms with Gasteiger partial charge in [-0.25, -0.2) is 0 Å². The van der Waals surface area contributed by atoms with Crippen molar-refractivity contribution in [1.82, 2.24) is 20.0 Å². The summed E-state index contributed by atoms with van der Waals surface area (Å²) in [6, 6.07) is 1.98. The van der Waals surface area contributed by atoms with Crippen LogP contribution in [0.2, 0.25) is 0 Å². The van der Waals surface area contributed by atoms with Crippen molar-refractivity contribution in [2.45, 2.75) is 32.4 Å². The highest BCUT2D eigenvalue weighted by molar-refractivity contribution is 4.89. The summed E-state index contributed by atoms with van der Waals surface area (Å²) in [5, 5.41) is 7.84. The van der Waals surface area contributed by atoms with Gasteiger partial charge >= 0.3 is 0 Å². The second-order valence-corrected chi connectivity index (χ2v) is 4.89. The van der Waals surface area contributed by atoms with E-state index in [-0.39, 0.29) is 0 Å². The quantitative estimate of drug-likeness (QED) is 0.823. The Balaban J connectivity index is 1.81. The van der Waals surface area contributed by atoms with Crippen molar-refractivity contribution >= 4 is 0 Å². The first-order valence-corrected chi connectivity index (χ1v) is 6.17. The molecule has 1 aliphatic rings. The van der Waals surface area contributed by atoms with Crippen LogP contribution in [-0.4, -0.2) is 46.4 Å². The van der Waals surface area contributed by atoms with Crippen LogP contribution in [0.5, 0.6) is 0 Å². The molecule has 90 valence electrons. The van der Waals surface area contributed by atoms with Gasteiger partial charge in [-0.15, -0.1) is 0 Å². The number of hydrogen-bond acceptors (Lipinski definition) is 3. The Kier molecular flexibility index (Phi) is 3.61. The predicted octanol–water partition coefficient (Wildman–Crippen LogP) is 0.957. The summed E-state index contributed by atoms with van der Waals surface area (Å²) in [5.41, 5.74) is 0.294. The van der Waals surface area contributed by atoms with Crippen LogP contribution in [-0.2, 0) is 6.54 Å². The first-order chi connectivity index (χ1) is 7.72. The molecule has 4 heteroatoms. The van der Waals surface area contributed by atoms with Crippen molar-refractivity contribution in [3.05, 3.63) is 18.5 Å². The smallest absolute Gasteiger partial charge is 0.0536 e. The zero-order chi connectivity index (χ0) is 11.4. The molecule has 16 heavy (non-hydrogen) atoms. The van der Waals surface area contributed by atoms with E-state index in [1.807, 2.05) is 23.1 Å². The second-order valence-electron chi connectivity index (χ2n) is 4.89. The highest BCUT2D eigenvalue weighted by Gasteiger charge is 2.28. The molecule has 0 amide bonds. The molecule has 1 aliphatic heterocycles. The molecule has 1 atom stereocenters. The maximum Gasteiger partial charge on any atom is 0.0536 e. The summed E-state index contributed by atoms with van der Waals surface area (Å²) >= 11 is 0. The molecule has 1 fully saturated rings. The molecule has 1 aromatic rings. The van der Waals surface area contributed by atoms with Gasteiger partial charge in [0.05, 0.1) is 6.54 Å². The van der Waals surface area contributed by atoms with Crippen LogP contribution in [0.1, 0.15) is 20.3 Å². The van der Waals surface area contributed by atoms with E-state index in [0.717, 1.165) is 32.7 Å². The number of aromatic nitrogens is 2. The molecule has 0 aromatic carbocycles. The summed E-state index contributed by atoms with van der Waals surface area (Å²) in [7, 11) is 0. The molecule has 4 nitrogen and oxygen atoms in total. The molecule has 1 unspecified atom stereocenters. The van der Waals surface area contributed by atoms with Crippen molar-refractivity contribution < 1.29 is 0 Å². The molecule has 1 saturated heterocycles. The second kappa shape index (κ2) is 4.97. The Hall–Kier alpha value is -0.870. The first-order valence-electron chi connectivity index (χ1n) is 6.17. The molecule has 0 spiro atoms. The molecular formula is C12H22N4. The minimum absolute atomic E-state index is 0.294. The van der Waals surface area contributed by atoms with E-state index in [1.165, 1.54) is 6.42 Å². The number of hydrogen-bond donors (Lipinski definition) is 1. The Morgan fingerprint density at radius 1 is 1.44 bits per heavy atom. The fraction of sp³-hybridized carbons (Fsp3) is 0.750. The normalized spacial score (nSPS) is 27.1. The van der Waals surface area contributed by atoms with Gasteiger partial charge in [-0.05, 0) is 19.4 Å². The van der Waals surface area contributed by atoms with Gasteiger partial charge in [-0.2, -0.15) is 5.10 Å². The van der Waals surface area contributed by atoms with Gasteiger partial charge in [0.2, 0.25) is 0 Å². The minimum Gasteiger partial charge on any atom is -0.309 e. The topological polar surface area (TPSA) is 33.1 Å².